The number of nitrogens with zero attached hydrogens (tertiary/aromatic N) is 2. The van der Waals surface area contributed by atoms with Gasteiger partial charge in [0.1, 0.15) is 6.10 Å². The molecule has 104 valence electrons. The van der Waals surface area contributed by atoms with Gasteiger partial charge in [0.2, 0.25) is 5.91 Å². The van der Waals surface area contributed by atoms with Crippen molar-refractivity contribution < 1.29 is 14.3 Å². The monoisotopic (exact) mass is 257 g/mol. The highest BCUT2D eigenvalue weighted by atomic mass is 16.5. The summed E-state index contributed by atoms with van der Waals surface area (Å²) in [5, 5.41) is 0. The number of carbonyl (C=O) groups excluding carboxylic acids is 2. The number of hydrogen-bond donors (Lipinski definition) is 1. The zero-order chi connectivity index (χ0) is 13.7. The van der Waals surface area contributed by atoms with Gasteiger partial charge in [0.15, 0.2) is 0 Å². The minimum atomic E-state index is -0.564. The van der Waals surface area contributed by atoms with E-state index in [1.54, 1.807) is 23.9 Å². The predicted molar refractivity (Wildman–Crippen MR) is 67.8 cm³/mol. The highest BCUT2D eigenvalue weighted by Gasteiger charge is 2.30. The van der Waals surface area contributed by atoms with Gasteiger partial charge < -0.3 is 20.3 Å². The molecule has 1 unspecified atom stereocenters. The van der Waals surface area contributed by atoms with Crippen LogP contribution in [0.5, 0.6) is 0 Å². The molecule has 0 bridgehead atoms. The lowest BCUT2D eigenvalue weighted by Gasteiger charge is -2.34. The van der Waals surface area contributed by atoms with E-state index in [0.29, 0.717) is 25.9 Å². The van der Waals surface area contributed by atoms with Crippen LogP contribution in [0.2, 0.25) is 0 Å². The molecule has 6 heteroatoms. The number of nitrogens with two attached hydrogens (primary N) is 1. The maximum Gasteiger partial charge on any atom is 0.253 e. The van der Waals surface area contributed by atoms with Crippen LogP contribution in [0.15, 0.2) is 0 Å². The van der Waals surface area contributed by atoms with Crippen LogP contribution in [-0.2, 0) is 14.3 Å². The number of rotatable bonds is 4. The van der Waals surface area contributed by atoms with E-state index in [2.05, 4.69) is 0 Å². The van der Waals surface area contributed by atoms with Crippen molar-refractivity contribution in [1.82, 2.24) is 9.80 Å². The summed E-state index contributed by atoms with van der Waals surface area (Å²) in [6, 6.07) is 0. The fourth-order valence-electron chi connectivity index (χ4n) is 2.21. The Kier molecular flexibility index (Phi) is 5.55. The minimum Gasteiger partial charge on any atom is -0.370 e. The lowest BCUT2D eigenvalue weighted by molar-refractivity contribution is -0.145. The van der Waals surface area contributed by atoms with E-state index in [1.165, 1.54) is 7.11 Å². The molecule has 1 atom stereocenters. The van der Waals surface area contributed by atoms with Gasteiger partial charge in [0.25, 0.3) is 5.91 Å². The van der Waals surface area contributed by atoms with Crippen molar-refractivity contribution in [3.05, 3.63) is 0 Å². The fraction of sp³-hybridized carbons (Fsp3) is 0.833. The third-order valence-corrected chi connectivity index (χ3v) is 3.37. The average Bonchev–Trinajstić information content (AvgIpc) is 2.39. The molecule has 6 nitrogen and oxygen atoms in total. The summed E-state index contributed by atoms with van der Waals surface area (Å²) in [6.45, 7) is 1.39. The van der Waals surface area contributed by atoms with Gasteiger partial charge in [-0.3, -0.25) is 9.59 Å². The second-order valence-corrected chi connectivity index (χ2v) is 4.79. The van der Waals surface area contributed by atoms with Gasteiger partial charge in [-0.05, 0) is 12.8 Å². The van der Waals surface area contributed by atoms with Gasteiger partial charge in [-0.2, -0.15) is 0 Å². The molecular weight excluding hydrogens is 234 g/mol. The van der Waals surface area contributed by atoms with E-state index in [9.17, 15) is 9.59 Å². The Balaban J connectivity index is 2.49. The van der Waals surface area contributed by atoms with Crippen molar-refractivity contribution in [2.75, 3.05) is 40.8 Å². The molecule has 0 aliphatic carbocycles. The maximum atomic E-state index is 12.0. The minimum absolute atomic E-state index is 0.0305. The second-order valence-electron chi connectivity index (χ2n) is 4.79. The first-order chi connectivity index (χ1) is 8.51. The van der Waals surface area contributed by atoms with Crippen LogP contribution in [-0.4, -0.2) is 68.6 Å². The molecule has 0 aromatic heterocycles. The molecule has 1 saturated heterocycles. The fourth-order valence-corrected chi connectivity index (χ4v) is 2.21. The Labute approximate surface area is 108 Å². The molecule has 0 aromatic rings. The molecule has 1 aliphatic heterocycles. The van der Waals surface area contributed by atoms with Crippen LogP contribution in [0.4, 0.5) is 0 Å². The van der Waals surface area contributed by atoms with Crippen molar-refractivity contribution in [3.8, 4) is 0 Å². The Morgan fingerprint density at radius 2 is 1.94 bits per heavy atom. The summed E-state index contributed by atoms with van der Waals surface area (Å²) in [7, 11) is 5.00. The molecule has 2 N–H and O–H groups in total. The van der Waals surface area contributed by atoms with Gasteiger partial charge in [0.05, 0.1) is 0 Å². The Bertz CT molecular complexity index is 295. The molecule has 18 heavy (non-hydrogen) atoms. The van der Waals surface area contributed by atoms with E-state index >= 15 is 0 Å². The number of likely N-dealkylation sites (tertiary alicyclic amines) is 1. The number of carbonyl (C=O) groups is 2. The molecule has 0 saturated carbocycles. The first-order valence-electron chi connectivity index (χ1n) is 6.24. The van der Waals surface area contributed by atoms with Gasteiger partial charge >= 0.3 is 0 Å². The van der Waals surface area contributed by atoms with Crippen LogP contribution in [0.3, 0.4) is 0 Å². The molecule has 0 spiro atoms. The van der Waals surface area contributed by atoms with Gasteiger partial charge in [-0.1, -0.05) is 0 Å². The first-order valence-corrected chi connectivity index (χ1v) is 6.24. The lowest BCUT2D eigenvalue weighted by atomic mass is 9.95. The quantitative estimate of drug-likeness (QED) is 0.721. The highest BCUT2D eigenvalue weighted by Crippen LogP contribution is 2.19. The molecular formula is C12H23N3O3. The van der Waals surface area contributed by atoms with E-state index in [-0.39, 0.29) is 24.3 Å². The van der Waals surface area contributed by atoms with E-state index in [4.69, 9.17) is 10.5 Å². The zero-order valence-corrected chi connectivity index (χ0v) is 11.4. The third-order valence-electron chi connectivity index (χ3n) is 3.37. The molecule has 1 aliphatic rings. The Hall–Kier alpha value is -1.14. The topological polar surface area (TPSA) is 75.9 Å². The molecule has 2 amide bonds. The molecule has 0 aromatic carbocycles. The van der Waals surface area contributed by atoms with Gasteiger partial charge in [-0.15, -0.1) is 0 Å². The van der Waals surface area contributed by atoms with Crippen molar-refractivity contribution in [3.63, 3.8) is 0 Å². The molecule has 1 fully saturated rings. The van der Waals surface area contributed by atoms with E-state index < -0.39 is 6.10 Å². The Morgan fingerprint density at radius 1 is 1.39 bits per heavy atom. The lowest BCUT2D eigenvalue weighted by Crippen LogP contribution is -2.48. The normalized spacial score (nSPS) is 18.6. The number of amides is 2. The highest BCUT2D eigenvalue weighted by molar-refractivity contribution is 5.82. The van der Waals surface area contributed by atoms with Crippen molar-refractivity contribution in [2.45, 2.75) is 18.9 Å². The van der Waals surface area contributed by atoms with E-state index in [0.717, 1.165) is 0 Å². The summed E-state index contributed by atoms with van der Waals surface area (Å²) >= 11 is 0. The number of piperidine rings is 1. The van der Waals surface area contributed by atoms with Crippen molar-refractivity contribution >= 4 is 11.8 Å². The summed E-state index contributed by atoms with van der Waals surface area (Å²) in [6.07, 6.45) is 0.860. The largest absolute Gasteiger partial charge is 0.370 e. The average molecular weight is 257 g/mol. The molecule has 1 heterocycles. The zero-order valence-electron chi connectivity index (χ0n) is 11.4. The van der Waals surface area contributed by atoms with Crippen LogP contribution in [0.25, 0.3) is 0 Å². The van der Waals surface area contributed by atoms with Crippen LogP contribution in [0.1, 0.15) is 12.8 Å². The third kappa shape index (κ3) is 3.43. The van der Waals surface area contributed by atoms with Crippen molar-refractivity contribution in [1.29, 1.82) is 0 Å². The summed E-state index contributed by atoms with van der Waals surface area (Å²) in [5.74, 6) is 0.0999. The van der Waals surface area contributed by atoms with E-state index in [1.807, 2.05) is 0 Å². The molecule has 1 rings (SSSR count). The molecule has 0 radical (unpaired) electrons. The van der Waals surface area contributed by atoms with Crippen LogP contribution in [0, 0.1) is 5.92 Å². The van der Waals surface area contributed by atoms with Crippen molar-refractivity contribution in [2.24, 2.45) is 11.7 Å². The maximum absolute atomic E-state index is 12.0. The second kappa shape index (κ2) is 6.70. The number of ether oxygens (including phenoxy) is 1. The van der Waals surface area contributed by atoms with Crippen LogP contribution < -0.4 is 5.73 Å². The standard InChI is InChI=1S/C12H23N3O3/c1-14(2)11(16)9-4-6-15(7-5-9)12(17)10(8-13)18-3/h9-10H,4-8,13H2,1-3H3. The smallest absolute Gasteiger partial charge is 0.253 e. The predicted octanol–water partition coefficient (Wildman–Crippen LogP) is -0.713. The first kappa shape index (κ1) is 14.9. The Morgan fingerprint density at radius 3 is 2.33 bits per heavy atom. The summed E-state index contributed by atoms with van der Waals surface area (Å²) in [5.41, 5.74) is 5.47. The number of methoxy groups -OCH3 is 1. The van der Waals surface area contributed by atoms with Gasteiger partial charge in [0, 0.05) is 46.8 Å². The van der Waals surface area contributed by atoms with Crippen LogP contribution >= 0.6 is 0 Å². The summed E-state index contributed by atoms with van der Waals surface area (Å²) < 4.78 is 5.04. The van der Waals surface area contributed by atoms with Gasteiger partial charge in [-0.25, -0.2) is 0 Å². The number of hydrogen-bond acceptors (Lipinski definition) is 4. The SMILES string of the molecule is COC(CN)C(=O)N1CCC(C(=O)N(C)C)CC1. The summed E-state index contributed by atoms with van der Waals surface area (Å²) in [4.78, 5) is 27.1.